The predicted octanol–water partition coefficient (Wildman–Crippen LogP) is 3.56. The molecule has 2 rings (SSSR count). The Morgan fingerprint density at radius 2 is 2.04 bits per heavy atom. The molecule has 7 nitrogen and oxygen atoms in total. The number of benzene rings is 1. The molecule has 0 aliphatic carbocycles. The largest absolute Gasteiger partial charge is 0.504 e. The lowest BCUT2D eigenvalue weighted by atomic mass is 9.94. The number of phenols is 1. The zero-order valence-electron chi connectivity index (χ0n) is 16.5. The average molecular weight is 488 g/mol. The molecular formula is C19H29IN4O3. The molecule has 1 aromatic carbocycles. The van der Waals surface area contributed by atoms with E-state index in [-0.39, 0.29) is 35.1 Å². The van der Waals surface area contributed by atoms with E-state index in [9.17, 15) is 5.11 Å². The maximum atomic E-state index is 10.2. The highest BCUT2D eigenvalue weighted by atomic mass is 127. The lowest BCUT2D eigenvalue weighted by Gasteiger charge is -2.13. The van der Waals surface area contributed by atoms with Gasteiger partial charge in [-0.15, -0.1) is 24.0 Å². The van der Waals surface area contributed by atoms with Gasteiger partial charge in [-0.05, 0) is 13.0 Å². The van der Waals surface area contributed by atoms with Crippen molar-refractivity contribution in [3.05, 3.63) is 41.6 Å². The number of para-hydroxylation sites is 1. The van der Waals surface area contributed by atoms with Crippen molar-refractivity contribution in [2.24, 2.45) is 4.99 Å². The normalized spacial score (nSPS) is 11.7. The number of aromatic nitrogens is 1. The molecule has 0 aliphatic rings. The second kappa shape index (κ2) is 10.4. The second-order valence-corrected chi connectivity index (χ2v) is 6.88. The number of hydrogen-bond acceptors (Lipinski definition) is 5. The van der Waals surface area contributed by atoms with Gasteiger partial charge in [-0.1, -0.05) is 32.9 Å². The van der Waals surface area contributed by atoms with Crippen molar-refractivity contribution in [1.82, 2.24) is 15.6 Å². The van der Waals surface area contributed by atoms with E-state index in [1.54, 1.807) is 12.3 Å². The molecule has 27 heavy (non-hydrogen) atoms. The van der Waals surface area contributed by atoms with Gasteiger partial charge in [-0.25, -0.2) is 9.98 Å². The van der Waals surface area contributed by atoms with Crippen molar-refractivity contribution in [3.8, 4) is 11.5 Å². The Bertz CT molecular complexity index is 754. The minimum Gasteiger partial charge on any atom is -0.504 e. The van der Waals surface area contributed by atoms with Crippen LogP contribution < -0.4 is 15.4 Å². The summed E-state index contributed by atoms with van der Waals surface area (Å²) in [6.07, 6.45) is 1.76. The van der Waals surface area contributed by atoms with Crippen LogP contribution in [0.2, 0.25) is 0 Å². The Labute approximate surface area is 177 Å². The van der Waals surface area contributed by atoms with Crippen molar-refractivity contribution < 1.29 is 14.3 Å². The van der Waals surface area contributed by atoms with Gasteiger partial charge in [-0.2, -0.15) is 0 Å². The number of aromatic hydroxyl groups is 1. The van der Waals surface area contributed by atoms with Crippen molar-refractivity contribution in [2.75, 3.05) is 13.7 Å². The lowest BCUT2D eigenvalue weighted by molar-refractivity contribution is 0.370. The summed E-state index contributed by atoms with van der Waals surface area (Å²) in [5.41, 5.74) is 0.612. The molecule has 0 amide bonds. The summed E-state index contributed by atoms with van der Waals surface area (Å²) >= 11 is 0. The quantitative estimate of drug-likeness (QED) is 0.327. The van der Waals surface area contributed by atoms with E-state index in [2.05, 4.69) is 41.4 Å². The average Bonchev–Trinajstić information content (AvgIpc) is 3.08. The number of ether oxygens (including phenoxy) is 1. The Balaban J connectivity index is 0.00000364. The van der Waals surface area contributed by atoms with E-state index < -0.39 is 0 Å². The molecule has 0 atom stereocenters. The maximum absolute atomic E-state index is 10.2. The first-order chi connectivity index (χ1) is 12.3. The first-order valence-corrected chi connectivity index (χ1v) is 8.67. The first-order valence-electron chi connectivity index (χ1n) is 8.67. The fourth-order valence-corrected chi connectivity index (χ4v) is 2.26. The number of nitrogens with zero attached hydrogens (tertiary/aromatic N) is 2. The second-order valence-electron chi connectivity index (χ2n) is 6.88. The molecule has 1 heterocycles. The summed E-state index contributed by atoms with van der Waals surface area (Å²) in [6, 6.07) is 5.35. The van der Waals surface area contributed by atoms with E-state index in [4.69, 9.17) is 9.15 Å². The molecule has 1 aromatic heterocycles. The molecule has 0 saturated carbocycles. The molecule has 0 fully saturated rings. The standard InChI is InChI=1S/C19H28N4O3.HI/c1-6-20-18(22-10-13-8-7-9-14(25-5)17(13)24)23-12-16-21-11-15(26-16)19(2,3)4;/h7-9,11,24H,6,10,12H2,1-5H3,(H2,20,22,23);1H. The van der Waals surface area contributed by atoms with Gasteiger partial charge in [0.1, 0.15) is 5.76 Å². The number of aliphatic imine (C=N–C) groups is 1. The summed E-state index contributed by atoms with van der Waals surface area (Å²) in [5, 5.41) is 16.5. The third-order valence-electron chi connectivity index (χ3n) is 3.75. The van der Waals surface area contributed by atoms with Gasteiger partial charge in [-0.3, -0.25) is 0 Å². The molecular weight excluding hydrogens is 459 g/mol. The zero-order chi connectivity index (χ0) is 19.2. The van der Waals surface area contributed by atoms with Gasteiger partial charge < -0.3 is 24.9 Å². The minimum absolute atomic E-state index is 0. The summed E-state index contributed by atoms with van der Waals surface area (Å²) < 4.78 is 10.9. The monoisotopic (exact) mass is 488 g/mol. The first kappa shape index (κ1) is 23.1. The number of hydrogen-bond donors (Lipinski definition) is 3. The highest BCUT2D eigenvalue weighted by Crippen LogP contribution is 2.29. The third kappa shape index (κ3) is 6.60. The van der Waals surface area contributed by atoms with Crippen LogP contribution in [-0.4, -0.2) is 29.7 Å². The molecule has 3 N–H and O–H groups in total. The van der Waals surface area contributed by atoms with Crippen LogP contribution in [0.1, 0.15) is 44.9 Å². The molecule has 0 aliphatic heterocycles. The topological polar surface area (TPSA) is 91.9 Å². The Kier molecular flexibility index (Phi) is 8.87. The number of rotatable bonds is 6. The van der Waals surface area contributed by atoms with Crippen LogP contribution in [0.5, 0.6) is 11.5 Å². The highest BCUT2D eigenvalue weighted by molar-refractivity contribution is 14.0. The summed E-state index contributed by atoms with van der Waals surface area (Å²) in [5.74, 6) is 2.61. The Morgan fingerprint density at radius 1 is 1.30 bits per heavy atom. The van der Waals surface area contributed by atoms with Crippen molar-refractivity contribution >= 4 is 29.9 Å². The van der Waals surface area contributed by atoms with Crippen molar-refractivity contribution in [2.45, 2.75) is 46.2 Å². The van der Waals surface area contributed by atoms with Crippen molar-refractivity contribution in [1.29, 1.82) is 0 Å². The Hall–Kier alpha value is -1.97. The number of methoxy groups -OCH3 is 1. The van der Waals surface area contributed by atoms with Gasteiger partial charge in [0, 0.05) is 17.5 Å². The van der Waals surface area contributed by atoms with Gasteiger partial charge in [0.2, 0.25) is 5.89 Å². The fourth-order valence-electron chi connectivity index (χ4n) is 2.26. The van der Waals surface area contributed by atoms with E-state index >= 15 is 0 Å². The van der Waals surface area contributed by atoms with E-state index in [1.165, 1.54) is 7.11 Å². The predicted molar refractivity (Wildman–Crippen MR) is 117 cm³/mol. The van der Waals surface area contributed by atoms with Gasteiger partial charge in [0.05, 0.1) is 26.4 Å². The maximum Gasteiger partial charge on any atom is 0.213 e. The van der Waals surface area contributed by atoms with Crippen LogP contribution in [0.3, 0.4) is 0 Å². The van der Waals surface area contributed by atoms with Crippen LogP contribution in [-0.2, 0) is 18.5 Å². The molecule has 0 unspecified atom stereocenters. The number of phenolic OH excluding ortho intramolecular Hbond substituents is 1. The van der Waals surface area contributed by atoms with Crippen LogP contribution >= 0.6 is 24.0 Å². The summed E-state index contributed by atoms with van der Waals surface area (Å²) in [6.45, 7) is 9.69. The Morgan fingerprint density at radius 3 is 2.63 bits per heavy atom. The molecule has 0 saturated heterocycles. The van der Waals surface area contributed by atoms with Crippen LogP contribution in [0, 0.1) is 0 Å². The van der Waals surface area contributed by atoms with Crippen molar-refractivity contribution in [3.63, 3.8) is 0 Å². The molecule has 0 radical (unpaired) electrons. The van der Waals surface area contributed by atoms with E-state index in [0.717, 1.165) is 12.3 Å². The van der Waals surface area contributed by atoms with Crippen LogP contribution in [0.25, 0.3) is 0 Å². The SMILES string of the molecule is CCNC(=NCc1cccc(OC)c1O)NCc1ncc(C(C)(C)C)o1.I. The molecule has 150 valence electrons. The third-order valence-corrected chi connectivity index (χ3v) is 3.75. The number of oxazole rings is 1. The molecule has 8 heteroatoms. The summed E-state index contributed by atoms with van der Waals surface area (Å²) in [7, 11) is 1.52. The van der Waals surface area contributed by atoms with Gasteiger partial charge >= 0.3 is 0 Å². The highest BCUT2D eigenvalue weighted by Gasteiger charge is 2.19. The molecule has 2 aromatic rings. The van der Waals surface area contributed by atoms with Crippen LogP contribution in [0.4, 0.5) is 0 Å². The number of halogens is 1. The summed E-state index contributed by atoms with van der Waals surface area (Å²) in [4.78, 5) is 8.80. The smallest absolute Gasteiger partial charge is 0.213 e. The minimum atomic E-state index is -0.0757. The number of nitrogens with one attached hydrogen (secondary N) is 2. The number of guanidine groups is 1. The van der Waals surface area contributed by atoms with Gasteiger partial charge in [0.15, 0.2) is 17.5 Å². The van der Waals surface area contributed by atoms with Crippen LogP contribution in [0.15, 0.2) is 33.8 Å². The zero-order valence-corrected chi connectivity index (χ0v) is 18.8. The van der Waals surface area contributed by atoms with E-state index in [0.29, 0.717) is 36.3 Å². The fraction of sp³-hybridized carbons (Fsp3) is 0.474. The molecule has 0 bridgehead atoms. The lowest BCUT2D eigenvalue weighted by Crippen LogP contribution is -2.36. The molecule has 0 spiro atoms. The van der Waals surface area contributed by atoms with Gasteiger partial charge in [0.25, 0.3) is 0 Å². The van der Waals surface area contributed by atoms with E-state index in [1.807, 2.05) is 19.1 Å².